The van der Waals surface area contributed by atoms with E-state index in [1.807, 2.05) is 24.3 Å². The number of rotatable bonds is 2. The van der Waals surface area contributed by atoms with Gasteiger partial charge in [0.2, 0.25) is 0 Å². The summed E-state index contributed by atoms with van der Waals surface area (Å²) in [5, 5.41) is 1.59. The number of halogens is 2. The van der Waals surface area contributed by atoms with E-state index in [9.17, 15) is 0 Å². The van der Waals surface area contributed by atoms with E-state index in [1.54, 1.807) is 0 Å². The van der Waals surface area contributed by atoms with E-state index >= 15 is 0 Å². The van der Waals surface area contributed by atoms with Crippen LogP contribution in [-0.2, 0) is 5.41 Å². The van der Waals surface area contributed by atoms with Crippen molar-refractivity contribution in [2.45, 2.75) is 24.7 Å². The fourth-order valence-corrected chi connectivity index (χ4v) is 3.06. The van der Waals surface area contributed by atoms with Crippen LogP contribution in [0, 0.1) is 0 Å². The first-order valence-corrected chi connectivity index (χ1v) is 6.98. The van der Waals surface area contributed by atoms with Crippen LogP contribution in [0.1, 0.15) is 30.4 Å². The molecule has 3 rings (SSSR count). The molecule has 0 radical (unpaired) electrons. The number of hydrogen-bond donors (Lipinski definition) is 0. The molecule has 1 saturated carbocycles. The molecule has 0 nitrogen and oxygen atoms in total. The maximum atomic E-state index is 5.97. The highest BCUT2D eigenvalue weighted by molar-refractivity contribution is 6.30. The normalized spacial score (nSPS) is 17.2. The first-order valence-electron chi connectivity index (χ1n) is 6.23. The molecule has 0 heterocycles. The van der Waals surface area contributed by atoms with Crippen molar-refractivity contribution in [3.05, 3.63) is 69.7 Å². The molecule has 0 bridgehead atoms. The molecule has 0 atom stereocenters. The Kier molecular flexibility index (Phi) is 3.09. The minimum atomic E-state index is 0.176. The SMILES string of the molecule is Clc1ccc(C2(c3ccc(Cl)cc3)CCC2)cc1. The smallest absolute Gasteiger partial charge is 0.0406 e. The molecule has 0 aliphatic heterocycles. The molecule has 1 aliphatic carbocycles. The molecule has 0 spiro atoms. The van der Waals surface area contributed by atoms with Crippen LogP contribution in [0.15, 0.2) is 48.5 Å². The summed E-state index contributed by atoms with van der Waals surface area (Å²) in [5.41, 5.74) is 2.90. The van der Waals surface area contributed by atoms with Gasteiger partial charge in [-0.3, -0.25) is 0 Å². The first-order chi connectivity index (χ1) is 8.71. The van der Waals surface area contributed by atoms with Crippen molar-refractivity contribution in [2.24, 2.45) is 0 Å². The first kappa shape index (κ1) is 12.1. The van der Waals surface area contributed by atoms with Gasteiger partial charge >= 0.3 is 0 Å². The molecule has 92 valence electrons. The van der Waals surface area contributed by atoms with Gasteiger partial charge in [-0.25, -0.2) is 0 Å². The Labute approximate surface area is 118 Å². The Hall–Kier alpha value is -0.980. The Bertz CT molecular complexity index is 489. The highest BCUT2D eigenvalue weighted by Crippen LogP contribution is 2.49. The van der Waals surface area contributed by atoms with Gasteiger partial charge in [0.1, 0.15) is 0 Å². The third-order valence-corrected chi connectivity index (χ3v) is 4.50. The molecule has 2 aromatic rings. The van der Waals surface area contributed by atoms with E-state index in [4.69, 9.17) is 23.2 Å². The lowest BCUT2D eigenvalue weighted by molar-refractivity contribution is 0.301. The summed E-state index contributed by atoms with van der Waals surface area (Å²) in [6.45, 7) is 0. The van der Waals surface area contributed by atoms with Crippen molar-refractivity contribution < 1.29 is 0 Å². The molecule has 1 aliphatic rings. The van der Waals surface area contributed by atoms with Crippen molar-refractivity contribution in [2.75, 3.05) is 0 Å². The van der Waals surface area contributed by atoms with Gasteiger partial charge in [0.25, 0.3) is 0 Å². The van der Waals surface area contributed by atoms with E-state index in [1.165, 1.54) is 30.4 Å². The van der Waals surface area contributed by atoms with Crippen LogP contribution >= 0.6 is 23.2 Å². The van der Waals surface area contributed by atoms with Crippen molar-refractivity contribution >= 4 is 23.2 Å². The highest BCUT2D eigenvalue weighted by Gasteiger charge is 2.39. The minimum absolute atomic E-state index is 0.176. The van der Waals surface area contributed by atoms with E-state index in [0.717, 1.165) is 10.0 Å². The highest BCUT2D eigenvalue weighted by atomic mass is 35.5. The summed E-state index contributed by atoms with van der Waals surface area (Å²) in [4.78, 5) is 0. The van der Waals surface area contributed by atoms with Crippen LogP contribution in [-0.4, -0.2) is 0 Å². The molecule has 0 aromatic heterocycles. The Morgan fingerprint density at radius 3 is 1.33 bits per heavy atom. The summed E-state index contributed by atoms with van der Waals surface area (Å²) < 4.78 is 0. The van der Waals surface area contributed by atoms with E-state index in [0.29, 0.717) is 0 Å². The lowest BCUT2D eigenvalue weighted by Gasteiger charge is -2.43. The molecule has 0 N–H and O–H groups in total. The minimum Gasteiger partial charge on any atom is -0.0843 e. The molecule has 0 saturated heterocycles. The van der Waals surface area contributed by atoms with Crippen molar-refractivity contribution in [3.8, 4) is 0 Å². The fourth-order valence-electron chi connectivity index (χ4n) is 2.81. The quantitative estimate of drug-likeness (QED) is 0.683. The summed E-state index contributed by atoms with van der Waals surface area (Å²) in [6, 6.07) is 16.5. The second kappa shape index (κ2) is 4.60. The van der Waals surface area contributed by atoms with Crippen molar-refractivity contribution in [1.82, 2.24) is 0 Å². The van der Waals surface area contributed by atoms with Crippen LogP contribution in [0.3, 0.4) is 0 Å². The van der Waals surface area contributed by atoms with Gasteiger partial charge in [0.15, 0.2) is 0 Å². The van der Waals surface area contributed by atoms with E-state index in [2.05, 4.69) is 24.3 Å². The zero-order chi connectivity index (χ0) is 12.6. The van der Waals surface area contributed by atoms with Crippen LogP contribution in [0.25, 0.3) is 0 Å². The van der Waals surface area contributed by atoms with Gasteiger partial charge in [-0.1, -0.05) is 53.9 Å². The maximum Gasteiger partial charge on any atom is 0.0406 e. The molecule has 18 heavy (non-hydrogen) atoms. The zero-order valence-electron chi connectivity index (χ0n) is 10.00. The molecule has 2 heteroatoms. The van der Waals surface area contributed by atoms with Gasteiger partial charge in [-0.2, -0.15) is 0 Å². The lowest BCUT2D eigenvalue weighted by atomic mass is 9.61. The summed E-state index contributed by atoms with van der Waals surface area (Å²) >= 11 is 11.9. The average molecular weight is 277 g/mol. The Morgan fingerprint density at radius 2 is 1.06 bits per heavy atom. The largest absolute Gasteiger partial charge is 0.0843 e. The van der Waals surface area contributed by atoms with Crippen LogP contribution in [0.2, 0.25) is 10.0 Å². The van der Waals surface area contributed by atoms with Crippen LogP contribution in [0.5, 0.6) is 0 Å². The van der Waals surface area contributed by atoms with Crippen LogP contribution < -0.4 is 0 Å². The summed E-state index contributed by atoms with van der Waals surface area (Å²) in [6.07, 6.45) is 3.69. The van der Waals surface area contributed by atoms with Crippen LogP contribution in [0.4, 0.5) is 0 Å². The van der Waals surface area contributed by atoms with Gasteiger partial charge in [-0.05, 0) is 48.2 Å². The second-order valence-electron chi connectivity index (χ2n) is 4.95. The summed E-state index contributed by atoms with van der Waals surface area (Å²) in [5.74, 6) is 0. The van der Waals surface area contributed by atoms with Gasteiger partial charge in [-0.15, -0.1) is 0 Å². The topological polar surface area (TPSA) is 0 Å². The number of benzene rings is 2. The molecule has 1 fully saturated rings. The van der Waals surface area contributed by atoms with E-state index < -0.39 is 0 Å². The van der Waals surface area contributed by atoms with Gasteiger partial charge < -0.3 is 0 Å². The molecule has 0 unspecified atom stereocenters. The summed E-state index contributed by atoms with van der Waals surface area (Å²) in [7, 11) is 0. The molecule has 2 aromatic carbocycles. The Morgan fingerprint density at radius 1 is 0.667 bits per heavy atom. The lowest BCUT2D eigenvalue weighted by Crippen LogP contribution is -2.35. The van der Waals surface area contributed by atoms with Gasteiger partial charge in [0.05, 0.1) is 0 Å². The van der Waals surface area contributed by atoms with E-state index in [-0.39, 0.29) is 5.41 Å². The molecule has 0 amide bonds. The second-order valence-corrected chi connectivity index (χ2v) is 5.82. The predicted octanol–water partition coefficient (Wildman–Crippen LogP) is 5.46. The number of hydrogen-bond acceptors (Lipinski definition) is 0. The standard InChI is InChI=1S/C16H14Cl2/c17-14-6-2-12(3-7-14)16(10-1-11-16)13-4-8-15(18)9-5-13/h2-9H,1,10-11H2. The monoisotopic (exact) mass is 276 g/mol. The van der Waals surface area contributed by atoms with Gasteiger partial charge in [0, 0.05) is 15.5 Å². The molecular weight excluding hydrogens is 263 g/mol. The third-order valence-electron chi connectivity index (χ3n) is 4.00. The van der Waals surface area contributed by atoms with Crippen molar-refractivity contribution in [1.29, 1.82) is 0 Å². The fraction of sp³-hybridized carbons (Fsp3) is 0.250. The average Bonchev–Trinajstić information content (AvgIpc) is 2.32. The predicted molar refractivity (Wildman–Crippen MR) is 77.5 cm³/mol. The van der Waals surface area contributed by atoms with Crippen molar-refractivity contribution in [3.63, 3.8) is 0 Å². The maximum absolute atomic E-state index is 5.97. The Balaban J connectivity index is 2.04. The zero-order valence-corrected chi connectivity index (χ0v) is 11.5. The molecular formula is C16H14Cl2. The third kappa shape index (κ3) is 1.94.